The Kier molecular flexibility index (Phi) is 6.12. The Morgan fingerprint density at radius 3 is 2.27 bits per heavy atom. The molecule has 0 rings (SSSR count). The molecular formula is C8H16O3. The van der Waals surface area contributed by atoms with E-state index in [4.69, 9.17) is 15.3 Å². The van der Waals surface area contributed by atoms with Crippen LogP contribution in [0.15, 0.2) is 12.2 Å². The second-order valence-corrected chi connectivity index (χ2v) is 2.43. The number of allylic oxidation sites excluding steroid dienone is 1. The van der Waals surface area contributed by atoms with Crippen molar-refractivity contribution < 1.29 is 15.3 Å². The van der Waals surface area contributed by atoms with Crippen LogP contribution >= 0.6 is 0 Å². The molecule has 0 bridgehead atoms. The molecule has 0 aliphatic heterocycles. The lowest BCUT2D eigenvalue weighted by molar-refractivity contribution is -0.0120. The molecule has 3 heteroatoms. The SMILES string of the molecule is CC/C=C/CC(O)C(O)CO. The zero-order valence-electron chi connectivity index (χ0n) is 6.77. The number of hydrogen-bond acceptors (Lipinski definition) is 3. The summed E-state index contributed by atoms with van der Waals surface area (Å²) in [5.74, 6) is 0. The minimum Gasteiger partial charge on any atom is -0.394 e. The van der Waals surface area contributed by atoms with Gasteiger partial charge in [-0.05, 0) is 12.8 Å². The van der Waals surface area contributed by atoms with Gasteiger partial charge in [-0.2, -0.15) is 0 Å². The Morgan fingerprint density at radius 2 is 1.82 bits per heavy atom. The molecule has 66 valence electrons. The lowest BCUT2D eigenvalue weighted by atomic mass is 10.1. The lowest BCUT2D eigenvalue weighted by Crippen LogP contribution is -2.28. The number of rotatable bonds is 5. The summed E-state index contributed by atoms with van der Waals surface area (Å²) in [7, 11) is 0. The van der Waals surface area contributed by atoms with Crippen LogP contribution in [0.25, 0.3) is 0 Å². The quantitative estimate of drug-likeness (QED) is 0.498. The van der Waals surface area contributed by atoms with Gasteiger partial charge >= 0.3 is 0 Å². The summed E-state index contributed by atoms with van der Waals surface area (Å²) in [6.45, 7) is 1.60. The van der Waals surface area contributed by atoms with Crippen molar-refractivity contribution in [2.45, 2.75) is 32.0 Å². The summed E-state index contributed by atoms with van der Waals surface area (Å²) in [5, 5.41) is 26.4. The van der Waals surface area contributed by atoms with Gasteiger partial charge in [-0.15, -0.1) is 0 Å². The number of aliphatic hydroxyl groups is 3. The van der Waals surface area contributed by atoms with Crippen LogP contribution < -0.4 is 0 Å². The molecule has 0 heterocycles. The summed E-state index contributed by atoms with van der Waals surface area (Å²) in [6, 6.07) is 0. The first-order chi connectivity index (χ1) is 5.22. The van der Waals surface area contributed by atoms with Gasteiger partial charge in [0.2, 0.25) is 0 Å². The molecule has 0 spiro atoms. The molecule has 0 aromatic rings. The monoisotopic (exact) mass is 160 g/mol. The maximum absolute atomic E-state index is 9.08. The Hall–Kier alpha value is -0.380. The first-order valence-corrected chi connectivity index (χ1v) is 3.84. The van der Waals surface area contributed by atoms with E-state index in [1.165, 1.54) is 0 Å². The third-order valence-corrected chi connectivity index (χ3v) is 1.41. The average molecular weight is 160 g/mol. The van der Waals surface area contributed by atoms with Crippen LogP contribution in [-0.4, -0.2) is 34.1 Å². The van der Waals surface area contributed by atoms with Crippen molar-refractivity contribution in [2.24, 2.45) is 0 Å². The standard InChI is InChI=1S/C8H16O3/c1-2-3-4-5-7(10)8(11)6-9/h3-4,7-11H,2,5-6H2,1H3/b4-3+. The van der Waals surface area contributed by atoms with Gasteiger partial charge in [0.1, 0.15) is 6.10 Å². The topological polar surface area (TPSA) is 60.7 Å². The molecule has 0 aromatic heterocycles. The minimum absolute atomic E-state index is 0.388. The molecule has 0 saturated carbocycles. The van der Waals surface area contributed by atoms with Crippen LogP contribution in [0.4, 0.5) is 0 Å². The maximum atomic E-state index is 9.08. The smallest absolute Gasteiger partial charge is 0.103 e. The average Bonchev–Trinajstić information content (AvgIpc) is 2.03. The molecule has 0 aromatic carbocycles. The van der Waals surface area contributed by atoms with Crippen molar-refractivity contribution in [3.8, 4) is 0 Å². The highest BCUT2D eigenvalue weighted by Crippen LogP contribution is 1.99. The van der Waals surface area contributed by atoms with Gasteiger partial charge in [0, 0.05) is 0 Å². The summed E-state index contributed by atoms with van der Waals surface area (Å²) in [5.41, 5.74) is 0. The zero-order valence-corrected chi connectivity index (χ0v) is 6.77. The highest BCUT2D eigenvalue weighted by Gasteiger charge is 2.12. The second-order valence-electron chi connectivity index (χ2n) is 2.43. The van der Waals surface area contributed by atoms with Crippen molar-refractivity contribution in [1.82, 2.24) is 0 Å². The van der Waals surface area contributed by atoms with E-state index < -0.39 is 12.2 Å². The van der Waals surface area contributed by atoms with Crippen LogP contribution in [-0.2, 0) is 0 Å². The number of hydrogen-bond donors (Lipinski definition) is 3. The van der Waals surface area contributed by atoms with Gasteiger partial charge in [0.15, 0.2) is 0 Å². The van der Waals surface area contributed by atoms with E-state index in [9.17, 15) is 0 Å². The first-order valence-electron chi connectivity index (χ1n) is 3.84. The van der Waals surface area contributed by atoms with Crippen molar-refractivity contribution >= 4 is 0 Å². The van der Waals surface area contributed by atoms with E-state index in [0.717, 1.165) is 6.42 Å². The van der Waals surface area contributed by atoms with Crippen LogP contribution in [0, 0.1) is 0 Å². The van der Waals surface area contributed by atoms with Crippen LogP contribution in [0.1, 0.15) is 19.8 Å². The molecule has 3 N–H and O–H groups in total. The van der Waals surface area contributed by atoms with Gasteiger partial charge in [-0.1, -0.05) is 19.1 Å². The number of aliphatic hydroxyl groups excluding tert-OH is 3. The fourth-order valence-electron chi connectivity index (χ4n) is 0.681. The normalized spacial score (nSPS) is 17.1. The van der Waals surface area contributed by atoms with Crippen molar-refractivity contribution in [3.05, 3.63) is 12.2 Å². The first kappa shape index (κ1) is 10.6. The Labute approximate surface area is 67.0 Å². The van der Waals surface area contributed by atoms with E-state index in [-0.39, 0.29) is 6.61 Å². The predicted molar refractivity (Wildman–Crippen MR) is 43.1 cm³/mol. The van der Waals surface area contributed by atoms with Crippen molar-refractivity contribution in [3.63, 3.8) is 0 Å². The Bertz CT molecular complexity index is 112. The van der Waals surface area contributed by atoms with Gasteiger partial charge in [-0.25, -0.2) is 0 Å². The third kappa shape index (κ3) is 4.95. The molecule has 0 saturated heterocycles. The molecule has 11 heavy (non-hydrogen) atoms. The Balaban J connectivity index is 3.50. The third-order valence-electron chi connectivity index (χ3n) is 1.41. The molecule has 0 aliphatic rings. The molecule has 2 atom stereocenters. The van der Waals surface area contributed by atoms with Gasteiger partial charge in [-0.3, -0.25) is 0 Å². The van der Waals surface area contributed by atoms with Crippen LogP contribution in [0.3, 0.4) is 0 Å². The van der Waals surface area contributed by atoms with Gasteiger partial charge in [0.25, 0.3) is 0 Å². The van der Waals surface area contributed by atoms with E-state index in [0.29, 0.717) is 6.42 Å². The van der Waals surface area contributed by atoms with Crippen molar-refractivity contribution in [1.29, 1.82) is 0 Å². The zero-order chi connectivity index (χ0) is 8.69. The fraction of sp³-hybridized carbons (Fsp3) is 0.750. The molecule has 3 nitrogen and oxygen atoms in total. The predicted octanol–water partition coefficient (Wildman–Crippen LogP) is 0.0568. The molecule has 0 aliphatic carbocycles. The van der Waals surface area contributed by atoms with E-state index in [1.807, 2.05) is 13.0 Å². The van der Waals surface area contributed by atoms with E-state index in [2.05, 4.69) is 0 Å². The van der Waals surface area contributed by atoms with Crippen LogP contribution in [0.2, 0.25) is 0 Å². The molecule has 0 radical (unpaired) electrons. The highest BCUT2D eigenvalue weighted by atomic mass is 16.4. The summed E-state index contributed by atoms with van der Waals surface area (Å²) < 4.78 is 0. The largest absolute Gasteiger partial charge is 0.394 e. The van der Waals surface area contributed by atoms with E-state index >= 15 is 0 Å². The van der Waals surface area contributed by atoms with E-state index in [1.54, 1.807) is 6.08 Å². The second kappa shape index (κ2) is 6.34. The summed E-state index contributed by atoms with van der Waals surface area (Å²) in [6.07, 6.45) is 3.16. The highest BCUT2D eigenvalue weighted by molar-refractivity contribution is 4.84. The fourth-order valence-corrected chi connectivity index (χ4v) is 0.681. The van der Waals surface area contributed by atoms with Gasteiger partial charge < -0.3 is 15.3 Å². The maximum Gasteiger partial charge on any atom is 0.103 e. The minimum atomic E-state index is -1.02. The van der Waals surface area contributed by atoms with Crippen LogP contribution in [0.5, 0.6) is 0 Å². The summed E-state index contributed by atoms with van der Waals surface area (Å²) in [4.78, 5) is 0. The molecular weight excluding hydrogens is 144 g/mol. The molecule has 0 fully saturated rings. The molecule has 0 amide bonds. The summed E-state index contributed by atoms with van der Waals surface area (Å²) >= 11 is 0. The Morgan fingerprint density at radius 1 is 1.18 bits per heavy atom. The van der Waals surface area contributed by atoms with Gasteiger partial charge in [0.05, 0.1) is 12.7 Å². The van der Waals surface area contributed by atoms with Crippen molar-refractivity contribution in [2.75, 3.05) is 6.61 Å². The lowest BCUT2D eigenvalue weighted by Gasteiger charge is -2.12. The molecule has 2 unspecified atom stereocenters.